The van der Waals surface area contributed by atoms with Crippen molar-refractivity contribution >= 4 is 57.0 Å². The zero-order valence-electron chi connectivity index (χ0n) is 8.82. The highest BCUT2D eigenvalue weighted by atomic mass is 35.5. The number of benzene rings is 1. The van der Waals surface area contributed by atoms with E-state index >= 15 is 0 Å². The maximum Gasteiger partial charge on any atom is 0.162 e. The van der Waals surface area contributed by atoms with Gasteiger partial charge in [-0.3, -0.25) is 0 Å². The van der Waals surface area contributed by atoms with Crippen molar-refractivity contribution in [2.75, 3.05) is 0 Å². The van der Waals surface area contributed by atoms with Crippen LogP contribution in [0.4, 0.5) is 0 Å². The second kappa shape index (κ2) is 4.67. The lowest BCUT2D eigenvalue weighted by atomic mass is 10.2. The molecule has 0 atom stereocenters. The van der Waals surface area contributed by atoms with Crippen LogP contribution in [0.5, 0.6) is 0 Å². The van der Waals surface area contributed by atoms with E-state index in [1.807, 2.05) is 16.8 Å². The Morgan fingerprint density at radius 1 is 1.06 bits per heavy atom. The van der Waals surface area contributed by atoms with Crippen molar-refractivity contribution in [3.8, 4) is 11.4 Å². The number of nitrogens with zero attached hydrogens (tertiary/aromatic N) is 2. The molecule has 2 heterocycles. The first kappa shape index (κ1) is 12.2. The Labute approximate surface area is 122 Å². The van der Waals surface area contributed by atoms with Crippen LogP contribution in [-0.4, -0.2) is 9.97 Å². The van der Waals surface area contributed by atoms with Crippen molar-refractivity contribution in [3.05, 3.63) is 44.2 Å². The molecule has 0 aliphatic heterocycles. The van der Waals surface area contributed by atoms with Crippen molar-refractivity contribution in [1.82, 2.24) is 9.97 Å². The Balaban J connectivity index is 2.34. The van der Waals surface area contributed by atoms with Gasteiger partial charge in [0.25, 0.3) is 0 Å². The number of halogens is 3. The third-order valence-electron chi connectivity index (χ3n) is 2.45. The van der Waals surface area contributed by atoms with Crippen molar-refractivity contribution in [2.24, 2.45) is 0 Å². The minimum absolute atomic E-state index is 0.352. The molecular formula is C12H5Cl3N2S. The fourth-order valence-electron chi connectivity index (χ4n) is 1.64. The molecule has 0 unspecified atom stereocenters. The Hall–Kier alpha value is -0.870. The maximum atomic E-state index is 6.16. The molecule has 18 heavy (non-hydrogen) atoms. The van der Waals surface area contributed by atoms with Crippen molar-refractivity contribution in [3.63, 3.8) is 0 Å². The molecule has 0 amide bonds. The third-order valence-corrected chi connectivity index (χ3v) is 3.93. The molecule has 0 saturated carbocycles. The summed E-state index contributed by atoms with van der Waals surface area (Å²) in [5.41, 5.74) is 1.54. The van der Waals surface area contributed by atoms with Crippen LogP contribution in [0.2, 0.25) is 15.2 Å². The minimum atomic E-state index is 0.352. The molecule has 6 heteroatoms. The van der Waals surface area contributed by atoms with Gasteiger partial charge in [0.15, 0.2) is 5.82 Å². The molecule has 3 aromatic rings. The first-order valence-corrected chi connectivity index (χ1v) is 7.07. The predicted molar refractivity (Wildman–Crippen MR) is 77.9 cm³/mol. The molecule has 3 rings (SSSR count). The lowest BCUT2D eigenvalue weighted by Gasteiger charge is -2.05. The van der Waals surface area contributed by atoms with Gasteiger partial charge in [0.05, 0.1) is 10.5 Å². The number of hydrogen-bond acceptors (Lipinski definition) is 3. The Kier molecular flexibility index (Phi) is 3.16. The molecule has 0 spiro atoms. The second-order valence-corrected chi connectivity index (χ2v) is 5.62. The van der Waals surface area contributed by atoms with Crippen molar-refractivity contribution in [1.29, 1.82) is 0 Å². The molecule has 90 valence electrons. The normalized spacial score (nSPS) is 11.1. The van der Waals surface area contributed by atoms with Gasteiger partial charge < -0.3 is 0 Å². The number of fused-ring (bicyclic) bond motifs is 1. The van der Waals surface area contributed by atoms with Crippen molar-refractivity contribution < 1.29 is 0 Å². The van der Waals surface area contributed by atoms with E-state index in [0.29, 0.717) is 31.9 Å². The predicted octanol–water partition coefficient (Wildman–Crippen LogP) is 5.32. The summed E-state index contributed by atoms with van der Waals surface area (Å²) in [5.74, 6) is 0.568. The minimum Gasteiger partial charge on any atom is -0.226 e. The van der Waals surface area contributed by atoms with E-state index in [4.69, 9.17) is 34.8 Å². The number of hydrogen-bond donors (Lipinski definition) is 0. The Morgan fingerprint density at radius 3 is 2.61 bits per heavy atom. The first-order chi connectivity index (χ1) is 8.65. The lowest BCUT2D eigenvalue weighted by Crippen LogP contribution is -1.91. The van der Waals surface area contributed by atoms with Crippen LogP contribution in [0.3, 0.4) is 0 Å². The van der Waals surface area contributed by atoms with Gasteiger partial charge in [-0.2, -0.15) is 11.3 Å². The van der Waals surface area contributed by atoms with Crippen LogP contribution in [0.15, 0.2) is 29.0 Å². The maximum absolute atomic E-state index is 6.16. The molecule has 1 aromatic carbocycles. The topological polar surface area (TPSA) is 25.8 Å². The highest BCUT2D eigenvalue weighted by Gasteiger charge is 2.11. The van der Waals surface area contributed by atoms with Crippen LogP contribution in [0.25, 0.3) is 22.3 Å². The summed E-state index contributed by atoms with van der Waals surface area (Å²) in [4.78, 5) is 8.71. The summed E-state index contributed by atoms with van der Waals surface area (Å²) in [5, 5.41) is 5.92. The summed E-state index contributed by atoms with van der Waals surface area (Å²) in [7, 11) is 0. The molecule has 0 fully saturated rings. The fraction of sp³-hybridized carbons (Fsp3) is 0. The molecule has 0 aliphatic rings. The summed E-state index contributed by atoms with van der Waals surface area (Å²) < 4.78 is 0. The highest BCUT2D eigenvalue weighted by Crippen LogP contribution is 2.32. The monoisotopic (exact) mass is 314 g/mol. The summed E-state index contributed by atoms with van der Waals surface area (Å²) in [6.07, 6.45) is 0. The second-order valence-electron chi connectivity index (χ2n) is 3.63. The van der Waals surface area contributed by atoms with Crippen molar-refractivity contribution in [2.45, 2.75) is 0 Å². The zero-order valence-corrected chi connectivity index (χ0v) is 11.9. The summed E-state index contributed by atoms with van der Waals surface area (Å²) >= 11 is 19.8. The molecule has 2 nitrogen and oxygen atoms in total. The summed E-state index contributed by atoms with van der Waals surface area (Å²) in [6, 6.07) is 5.29. The highest BCUT2D eigenvalue weighted by molar-refractivity contribution is 7.08. The molecule has 2 aromatic heterocycles. The van der Waals surface area contributed by atoms with E-state index in [9.17, 15) is 0 Å². The molecular weight excluding hydrogens is 311 g/mol. The van der Waals surface area contributed by atoms with Gasteiger partial charge >= 0.3 is 0 Å². The van der Waals surface area contributed by atoms with E-state index in [0.717, 1.165) is 5.56 Å². The quantitative estimate of drug-likeness (QED) is 0.568. The lowest BCUT2D eigenvalue weighted by molar-refractivity contribution is 1.23. The first-order valence-electron chi connectivity index (χ1n) is 5.00. The van der Waals surface area contributed by atoms with Gasteiger partial charge in [0.1, 0.15) is 5.15 Å². The van der Waals surface area contributed by atoms with Crippen LogP contribution in [-0.2, 0) is 0 Å². The number of thiophene rings is 1. The van der Waals surface area contributed by atoms with E-state index in [2.05, 4.69) is 9.97 Å². The van der Waals surface area contributed by atoms with Gasteiger partial charge in [-0.05, 0) is 23.6 Å². The molecule has 0 N–H and O–H groups in total. The van der Waals surface area contributed by atoms with Crippen LogP contribution in [0, 0.1) is 0 Å². The van der Waals surface area contributed by atoms with Crippen LogP contribution in [0.1, 0.15) is 0 Å². The van der Waals surface area contributed by atoms with Crippen LogP contribution < -0.4 is 0 Å². The summed E-state index contributed by atoms with van der Waals surface area (Å²) in [6.45, 7) is 0. The number of rotatable bonds is 1. The number of aromatic nitrogens is 2. The molecule has 0 saturated heterocycles. The Morgan fingerprint density at radius 2 is 1.89 bits per heavy atom. The largest absolute Gasteiger partial charge is 0.226 e. The van der Waals surface area contributed by atoms with Gasteiger partial charge in [0.2, 0.25) is 0 Å². The molecule has 0 aliphatic carbocycles. The smallest absolute Gasteiger partial charge is 0.162 e. The van der Waals surface area contributed by atoms with E-state index in [1.54, 1.807) is 23.5 Å². The standard InChI is InChI=1S/C12H5Cl3N2S/c13-7-3-8-10(9(14)4-7)16-12(17-11(8)15)6-1-2-18-5-6/h1-5H. The van der Waals surface area contributed by atoms with Gasteiger partial charge in [-0.25, -0.2) is 9.97 Å². The van der Waals surface area contributed by atoms with Crippen LogP contribution >= 0.6 is 46.1 Å². The van der Waals surface area contributed by atoms with E-state index < -0.39 is 0 Å². The zero-order chi connectivity index (χ0) is 12.7. The van der Waals surface area contributed by atoms with E-state index in [1.165, 1.54) is 0 Å². The average Bonchev–Trinajstić information content (AvgIpc) is 2.83. The van der Waals surface area contributed by atoms with Gasteiger partial charge in [0, 0.05) is 21.4 Å². The Bertz CT molecular complexity index is 726. The fourth-order valence-corrected chi connectivity index (χ4v) is 3.04. The third kappa shape index (κ3) is 2.08. The van der Waals surface area contributed by atoms with Gasteiger partial charge in [-0.1, -0.05) is 34.8 Å². The molecule has 0 radical (unpaired) electrons. The van der Waals surface area contributed by atoms with E-state index in [-0.39, 0.29) is 0 Å². The molecule has 0 bridgehead atoms. The van der Waals surface area contributed by atoms with Gasteiger partial charge in [-0.15, -0.1) is 0 Å². The SMILES string of the molecule is Clc1cc(Cl)c2nc(-c3ccsc3)nc(Cl)c2c1. The average molecular weight is 316 g/mol.